The number of nitrogens with zero attached hydrogens (tertiary/aromatic N) is 1. The van der Waals surface area contributed by atoms with E-state index in [1.807, 2.05) is 0 Å². The SMILES string of the molecule is CCC(Oc1ccc(/C=C2/SC(=S)N(NC(=O)c3ccccc3F)C2=O)cc1OC)C(=O)O. The summed E-state index contributed by atoms with van der Waals surface area (Å²) in [7, 11) is 1.41. The van der Waals surface area contributed by atoms with Crippen molar-refractivity contribution in [3.05, 3.63) is 64.3 Å². The second kappa shape index (κ2) is 10.5. The Kier molecular flexibility index (Phi) is 7.67. The number of thiocarbonyl (C=S) groups is 1. The van der Waals surface area contributed by atoms with Gasteiger partial charge in [0.1, 0.15) is 5.82 Å². The number of hydrogen-bond acceptors (Lipinski definition) is 7. The number of carbonyl (C=O) groups excluding carboxylic acids is 2. The molecule has 0 bridgehead atoms. The molecule has 2 N–H and O–H groups in total. The largest absolute Gasteiger partial charge is 0.493 e. The van der Waals surface area contributed by atoms with Gasteiger partial charge in [0.2, 0.25) is 0 Å². The highest BCUT2D eigenvalue weighted by atomic mass is 32.2. The Labute approximate surface area is 198 Å². The van der Waals surface area contributed by atoms with Crippen molar-refractivity contribution in [3.63, 3.8) is 0 Å². The van der Waals surface area contributed by atoms with E-state index in [1.165, 1.54) is 37.5 Å². The summed E-state index contributed by atoms with van der Waals surface area (Å²) in [6.45, 7) is 1.69. The van der Waals surface area contributed by atoms with Crippen LogP contribution in [0.25, 0.3) is 6.08 Å². The molecule has 0 aliphatic carbocycles. The number of hydrazine groups is 1. The van der Waals surface area contributed by atoms with Crippen LogP contribution in [-0.2, 0) is 9.59 Å². The Morgan fingerprint density at radius 2 is 2.00 bits per heavy atom. The Morgan fingerprint density at radius 3 is 2.64 bits per heavy atom. The first kappa shape index (κ1) is 24.2. The Morgan fingerprint density at radius 1 is 1.27 bits per heavy atom. The number of hydrogen-bond donors (Lipinski definition) is 2. The first-order chi connectivity index (χ1) is 15.7. The van der Waals surface area contributed by atoms with Gasteiger partial charge in [-0.1, -0.05) is 36.9 Å². The van der Waals surface area contributed by atoms with E-state index in [0.29, 0.717) is 5.56 Å². The lowest BCUT2D eigenvalue weighted by atomic mass is 10.1. The number of halogens is 1. The van der Waals surface area contributed by atoms with Gasteiger partial charge in [-0.25, -0.2) is 9.18 Å². The van der Waals surface area contributed by atoms with Crippen molar-refractivity contribution < 1.29 is 33.4 Å². The minimum Gasteiger partial charge on any atom is -0.493 e. The average Bonchev–Trinajstić information content (AvgIpc) is 3.05. The van der Waals surface area contributed by atoms with Gasteiger partial charge in [0.15, 0.2) is 21.9 Å². The summed E-state index contributed by atoms with van der Waals surface area (Å²) in [5.74, 6) is -2.67. The minimum absolute atomic E-state index is 0.0788. The molecule has 1 aliphatic heterocycles. The smallest absolute Gasteiger partial charge is 0.344 e. The van der Waals surface area contributed by atoms with Gasteiger partial charge >= 0.3 is 5.97 Å². The molecule has 3 rings (SSSR count). The second-order valence-corrected chi connectivity index (χ2v) is 8.38. The van der Waals surface area contributed by atoms with Crippen LogP contribution in [0.15, 0.2) is 47.4 Å². The summed E-state index contributed by atoms with van der Waals surface area (Å²) in [5.41, 5.74) is 2.66. The number of rotatable bonds is 8. The molecular formula is C22H19FN2O6S2. The van der Waals surface area contributed by atoms with E-state index in [4.69, 9.17) is 21.7 Å². The zero-order valence-electron chi connectivity index (χ0n) is 17.5. The number of carboxylic acid groups (broad SMARTS) is 1. The lowest BCUT2D eigenvalue weighted by molar-refractivity contribution is -0.145. The van der Waals surface area contributed by atoms with Gasteiger partial charge in [-0.3, -0.25) is 15.0 Å². The van der Waals surface area contributed by atoms with E-state index in [1.54, 1.807) is 19.1 Å². The van der Waals surface area contributed by atoms with Gasteiger partial charge in [0.05, 0.1) is 17.6 Å². The summed E-state index contributed by atoms with van der Waals surface area (Å²) in [6, 6.07) is 10.1. The lowest BCUT2D eigenvalue weighted by Gasteiger charge is -2.16. The van der Waals surface area contributed by atoms with E-state index >= 15 is 0 Å². The number of benzene rings is 2. The molecule has 0 saturated carbocycles. The molecule has 1 fully saturated rings. The highest BCUT2D eigenvalue weighted by molar-refractivity contribution is 8.26. The molecule has 0 spiro atoms. The first-order valence-corrected chi connectivity index (χ1v) is 10.9. The molecule has 1 heterocycles. The predicted octanol–water partition coefficient (Wildman–Crippen LogP) is 3.62. The maximum Gasteiger partial charge on any atom is 0.344 e. The van der Waals surface area contributed by atoms with Gasteiger partial charge in [0.25, 0.3) is 11.8 Å². The van der Waals surface area contributed by atoms with E-state index < -0.39 is 29.7 Å². The molecule has 2 aromatic carbocycles. The van der Waals surface area contributed by atoms with Crippen molar-refractivity contribution in [1.29, 1.82) is 0 Å². The summed E-state index contributed by atoms with van der Waals surface area (Å²) >= 11 is 6.15. The van der Waals surface area contributed by atoms with Crippen LogP contribution in [-0.4, -0.2) is 45.4 Å². The topological polar surface area (TPSA) is 105 Å². The van der Waals surface area contributed by atoms with Crippen LogP contribution in [0.1, 0.15) is 29.3 Å². The number of ether oxygens (including phenoxy) is 2. The van der Waals surface area contributed by atoms with Crippen molar-refractivity contribution in [1.82, 2.24) is 10.4 Å². The van der Waals surface area contributed by atoms with E-state index in [9.17, 15) is 23.9 Å². The van der Waals surface area contributed by atoms with Crippen LogP contribution < -0.4 is 14.9 Å². The fraction of sp³-hybridized carbons (Fsp3) is 0.182. The maximum atomic E-state index is 13.9. The van der Waals surface area contributed by atoms with Crippen molar-refractivity contribution in [2.75, 3.05) is 7.11 Å². The molecule has 8 nitrogen and oxygen atoms in total. The van der Waals surface area contributed by atoms with Crippen LogP contribution in [0, 0.1) is 5.82 Å². The average molecular weight is 491 g/mol. The van der Waals surface area contributed by atoms with Crippen LogP contribution in [0.4, 0.5) is 4.39 Å². The van der Waals surface area contributed by atoms with Gasteiger partial charge in [0, 0.05) is 0 Å². The van der Waals surface area contributed by atoms with Crippen molar-refractivity contribution in [2.24, 2.45) is 0 Å². The van der Waals surface area contributed by atoms with E-state index in [0.717, 1.165) is 22.8 Å². The molecule has 1 aliphatic rings. The molecule has 11 heteroatoms. The zero-order chi connectivity index (χ0) is 24.1. The number of thioether (sulfide) groups is 1. The minimum atomic E-state index is -1.09. The molecule has 0 radical (unpaired) electrons. The van der Waals surface area contributed by atoms with Gasteiger partial charge < -0.3 is 14.6 Å². The highest BCUT2D eigenvalue weighted by Crippen LogP contribution is 2.34. The molecule has 172 valence electrons. The van der Waals surface area contributed by atoms with Crippen LogP contribution in [0.3, 0.4) is 0 Å². The van der Waals surface area contributed by atoms with Crippen molar-refractivity contribution >= 4 is 52.2 Å². The third kappa shape index (κ3) is 5.49. The number of carbonyl (C=O) groups is 3. The fourth-order valence-electron chi connectivity index (χ4n) is 2.86. The van der Waals surface area contributed by atoms with Crippen LogP contribution in [0.2, 0.25) is 0 Å². The molecule has 1 atom stereocenters. The number of nitrogens with one attached hydrogen (secondary N) is 1. The summed E-state index contributed by atoms with van der Waals surface area (Å²) < 4.78 is 24.7. The van der Waals surface area contributed by atoms with Crippen LogP contribution >= 0.6 is 24.0 Å². The fourth-order valence-corrected chi connectivity index (χ4v) is 4.03. The Balaban J connectivity index is 1.79. The van der Waals surface area contributed by atoms with Crippen LogP contribution in [0.5, 0.6) is 11.5 Å². The summed E-state index contributed by atoms with van der Waals surface area (Å²) in [4.78, 5) is 36.6. The molecule has 2 aromatic rings. The second-order valence-electron chi connectivity index (χ2n) is 6.70. The van der Waals surface area contributed by atoms with Crippen molar-refractivity contribution in [2.45, 2.75) is 19.4 Å². The van der Waals surface area contributed by atoms with Gasteiger partial charge in [-0.2, -0.15) is 5.01 Å². The number of amides is 2. The summed E-state index contributed by atoms with van der Waals surface area (Å²) in [5, 5.41) is 10.1. The lowest BCUT2D eigenvalue weighted by Crippen LogP contribution is -2.45. The normalized spacial score (nSPS) is 15.5. The van der Waals surface area contributed by atoms with Crippen molar-refractivity contribution in [3.8, 4) is 11.5 Å². The standard InChI is InChI=1S/C22H19FN2O6S2/c1-3-15(21(28)29)31-16-9-8-12(10-17(16)30-2)11-18-20(27)25(22(32)33-18)24-19(26)13-6-4-5-7-14(13)23/h4-11,15H,3H2,1-2H3,(H,24,26)(H,28,29)/b18-11+. The molecular weight excluding hydrogens is 471 g/mol. The molecule has 2 amide bonds. The third-order valence-corrected chi connectivity index (χ3v) is 5.83. The Bertz CT molecular complexity index is 1150. The zero-order valence-corrected chi connectivity index (χ0v) is 19.2. The number of aliphatic carboxylic acids is 1. The quantitative estimate of drug-likeness (QED) is 0.427. The molecule has 33 heavy (non-hydrogen) atoms. The monoisotopic (exact) mass is 490 g/mol. The van der Waals surface area contributed by atoms with Gasteiger partial charge in [-0.05, 0) is 54.5 Å². The third-order valence-electron chi connectivity index (χ3n) is 4.53. The van der Waals surface area contributed by atoms with Gasteiger partial charge in [-0.15, -0.1) is 0 Å². The molecule has 0 aromatic heterocycles. The molecule has 1 saturated heterocycles. The molecule has 1 unspecified atom stereocenters. The maximum absolute atomic E-state index is 13.9. The number of methoxy groups -OCH3 is 1. The number of carboxylic acids is 1. The Hall–Kier alpha value is -3.44. The first-order valence-electron chi connectivity index (χ1n) is 9.66. The highest BCUT2D eigenvalue weighted by Gasteiger charge is 2.34. The predicted molar refractivity (Wildman–Crippen MR) is 124 cm³/mol. The van der Waals surface area contributed by atoms with E-state index in [2.05, 4.69) is 5.43 Å². The van der Waals surface area contributed by atoms with E-state index in [-0.39, 0.29) is 32.7 Å². The summed E-state index contributed by atoms with van der Waals surface area (Å²) in [6.07, 6.45) is 0.774.